The van der Waals surface area contributed by atoms with E-state index in [1.165, 1.54) is 0 Å². The quantitative estimate of drug-likeness (QED) is 0.311. The number of carbonyl (C=O) groups is 3. The summed E-state index contributed by atoms with van der Waals surface area (Å²) in [5.74, 6) is -3.67. The molecule has 2 N–H and O–H groups in total. The molecule has 0 aromatic carbocycles. The number of ketones is 2. The van der Waals surface area contributed by atoms with Crippen molar-refractivity contribution in [3.63, 3.8) is 0 Å². The van der Waals surface area contributed by atoms with Crippen molar-refractivity contribution in [2.45, 2.75) is 12.2 Å². The molecule has 1 aliphatic heterocycles. The Morgan fingerprint density at radius 3 is 2.23 bits per heavy atom. The summed E-state index contributed by atoms with van der Waals surface area (Å²) in [7, 11) is 0. The van der Waals surface area contributed by atoms with E-state index >= 15 is 0 Å². The smallest absolute Gasteiger partial charge is 0.383 e. The van der Waals surface area contributed by atoms with Crippen molar-refractivity contribution in [2.75, 3.05) is 6.61 Å². The minimum Gasteiger partial charge on any atom is -0.445 e. The molecule has 0 unspecified atom stereocenters. The SMILES string of the molecule is O=C1O[C@H]([C@@H](O)CO)C(=O)C1=O.[Zn]. The summed E-state index contributed by atoms with van der Waals surface area (Å²) in [5.41, 5.74) is 0. The Morgan fingerprint density at radius 2 is 1.92 bits per heavy atom. The molecule has 0 aromatic rings. The third-order valence-electron chi connectivity index (χ3n) is 1.44. The summed E-state index contributed by atoms with van der Waals surface area (Å²) in [4.78, 5) is 31.7. The van der Waals surface area contributed by atoms with Gasteiger partial charge in [0.25, 0.3) is 5.78 Å². The van der Waals surface area contributed by atoms with E-state index < -0.39 is 36.4 Å². The van der Waals surface area contributed by atoms with Gasteiger partial charge in [0.15, 0.2) is 6.10 Å². The van der Waals surface area contributed by atoms with E-state index in [1.54, 1.807) is 0 Å². The van der Waals surface area contributed by atoms with Crippen molar-refractivity contribution in [2.24, 2.45) is 0 Å². The van der Waals surface area contributed by atoms with Gasteiger partial charge in [0, 0.05) is 19.5 Å². The van der Waals surface area contributed by atoms with E-state index in [2.05, 4.69) is 4.74 Å². The second-order valence-electron chi connectivity index (χ2n) is 2.27. The molecular weight excluding hydrogens is 233 g/mol. The zero-order valence-electron chi connectivity index (χ0n) is 6.60. The van der Waals surface area contributed by atoms with Crippen LogP contribution in [0, 0.1) is 0 Å². The zero-order chi connectivity index (χ0) is 9.30. The summed E-state index contributed by atoms with van der Waals surface area (Å²) in [6.07, 6.45) is -3.05. The molecule has 68 valence electrons. The van der Waals surface area contributed by atoms with Crippen molar-refractivity contribution >= 4 is 17.5 Å². The van der Waals surface area contributed by atoms with E-state index in [-0.39, 0.29) is 19.5 Å². The molecule has 7 heteroatoms. The van der Waals surface area contributed by atoms with Crippen LogP contribution in [-0.2, 0) is 38.6 Å². The van der Waals surface area contributed by atoms with Gasteiger partial charge in [0.05, 0.1) is 6.61 Å². The van der Waals surface area contributed by atoms with Crippen molar-refractivity contribution < 1.29 is 48.8 Å². The standard InChI is InChI=1S/C6H6O6.Zn/c7-1-2(8)5-3(9)4(10)6(11)12-5;/h2,5,7-8H,1H2;/t2-,5+;/m0./s1. The topological polar surface area (TPSA) is 101 Å². The number of cyclic esters (lactones) is 1. The Morgan fingerprint density at radius 1 is 1.38 bits per heavy atom. The maximum Gasteiger partial charge on any atom is 0.383 e. The van der Waals surface area contributed by atoms with E-state index in [4.69, 9.17) is 10.2 Å². The molecule has 0 saturated carbocycles. The van der Waals surface area contributed by atoms with Crippen molar-refractivity contribution in [3.05, 3.63) is 0 Å². The largest absolute Gasteiger partial charge is 0.445 e. The van der Waals surface area contributed by atoms with E-state index in [9.17, 15) is 14.4 Å². The Hall–Kier alpha value is -0.647. The first-order chi connectivity index (χ1) is 5.57. The first kappa shape index (κ1) is 12.4. The van der Waals surface area contributed by atoms with Crippen LogP contribution in [0.3, 0.4) is 0 Å². The van der Waals surface area contributed by atoms with Crippen LogP contribution in [0.4, 0.5) is 0 Å². The normalized spacial score (nSPS) is 23.8. The van der Waals surface area contributed by atoms with Gasteiger partial charge in [-0.3, -0.25) is 9.59 Å². The number of ether oxygens (including phenoxy) is 1. The Labute approximate surface area is 85.6 Å². The van der Waals surface area contributed by atoms with Gasteiger partial charge in [0.2, 0.25) is 0 Å². The molecular formula is C6H6O6Zn. The molecule has 0 aromatic heterocycles. The van der Waals surface area contributed by atoms with E-state index in [0.29, 0.717) is 0 Å². The minimum absolute atomic E-state index is 0. The zero-order valence-corrected chi connectivity index (χ0v) is 9.56. The number of esters is 1. The third-order valence-corrected chi connectivity index (χ3v) is 1.44. The molecule has 1 saturated heterocycles. The fourth-order valence-electron chi connectivity index (χ4n) is 0.801. The second kappa shape index (κ2) is 4.55. The number of hydrogen-bond donors (Lipinski definition) is 2. The van der Waals surface area contributed by atoms with E-state index in [1.807, 2.05) is 0 Å². The van der Waals surface area contributed by atoms with Gasteiger partial charge in [-0.05, 0) is 0 Å². The maximum absolute atomic E-state index is 10.7. The molecule has 1 fully saturated rings. The third kappa shape index (κ3) is 2.18. The van der Waals surface area contributed by atoms with Gasteiger partial charge < -0.3 is 14.9 Å². The number of aliphatic hydroxyl groups is 2. The van der Waals surface area contributed by atoms with Crippen LogP contribution in [0.5, 0.6) is 0 Å². The molecule has 0 amide bonds. The summed E-state index contributed by atoms with van der Waals surface area (Å²) < 4.78 is 4.19. The van der Waals surface area contributed by atoms with Crippen LogP contribution >= 0.6 is 0 Å². The van der Waals surface area contributed by atoms with Gasteiger partial charge in [0.1, 0.15) is 6.10 Å². The van der Waals surface area contributed by atoms with Crippen LogP contribution in [0.2, 0.25) is 0 Å². The molecule has 0 spiro atoms. The summed E-state index contributed by atoms with van der Waals surface area (Å²) >= 11 is 0. The number of Topliss-reactive ketones (excluding diaryl/α,β-unsaturated/α-hetero) is 2. The molecule has 6 nitrogen and oxygen atoms in total. The monoisotopic (exact) mass is 238 g/mol. The molecule has 1 rings (SSSR count). The molecule has 1 heterocycles. The predicted molar refractivity (Wildman–Crippen MR) is 33.0 cm³/mol. The minimum atomic E-state index is -1.53. The first-order valence-electron chi connectivity index (χ1n) is 3.16. The number of aliphatic hydroxyl groups excluding tert-OH is 2. The Balaban J connectivity index is 0.00000144. The number of hydrogen-bond acceptors (Lipinski definition) is 6. The molecule has 13 heavy (non-hydrogen) atoms. The number of carbonyl (C=O) groups excluding carboxylic acids is 3. The van der Waals surface area contributed by atoms with Crippen LogP contribution in [0.15, 0.2) is 0 Å². The van der Waals surface area contributed by atoms with E-state index in [0.717, 1.165) is 0 Å². The van der Waals surface area contributed by atoms with Crippen LogP contribution < -0.4 is 0 Å². The van der Waals surface area contributed by atoms with Gasteiger partial charge in [-0.15, -0.1) is 0 Å². The Bertz CT molecular complexity index is 250. The summed E-state index contributed by atoms with van der Waals surface area (Å²) in [6.45, 7) is -0.739. The summed E-state index contributed by atoms with van der Waals surface area (Å²) in [6, 6.07) is 0. The fraction of sp³-hybridized carbons (Fsp3) is 0.500. The maximum atomic E-state index is 10.7. The molecule has 2 atom stereocenters. The average Bonchev–Trinajstić information content (AvgIpc) is 2.32. The van der Waals surface area contributed by atoms with Crippen molar-refractivity contribution in [3.8, 4) is 0 Å². The van der Waals surface area contributed by atoms with Gasteiger partial charge in [-0.25, -0.2) is 4.79 Å². The molecule has 0 aliphatic carbocycles. The van der Waals surface area contributed by atoms with Crippen LogP contribution in [0.25, 0.3) is 0 Å². The van der Waals surface area contributed by atoms with Gasteiger partial charge in [-0.1, -0.05) is 0 Å². The first-order valence-corrected chi connectivity index (χ1v) is 3.16. The van der Waals surface area contributed by atoms with Crippen LogP contribution in [-0.4, -0.2) is 46.6 Å². The fourth-order valence-corrected chi connectivity index (χ4v) is 0.801. The summed E-state index contributed by atoms with van der Waals surface area (Å²) in [5, 5.41) is 17.2. The van der Waals surface area contributed by atoms with Crippen LogP contribution in [0.1, 0.15) is 0 Å². The van der Waals surface area contributed by atoms with Crippen molar-refractivity contribution in [1.82, 2.24) is 0 Å². The molecule has 0 bridgehead atoms. The number of rotatable bonds is 2. The van der Waals surface area contributed by atoms with Gasteiger partial charge >= 0.3 is 11.8 Å². The molecule has 0 radical (unpaired) electrons. The predicted octanol–water partition coefficient (Wildman–Crippen LogP) is -2.60. The molecule has 1 aliphatic rings. The van der Waals surface area contributed by atoms with Gasteiger partial charge in [-0.2, -0.15) is 0 Å². The Kier molecular flexibility index (Phi) is 4.32. The average molecular weight is 239 g/mol. The van der Waals surface area contributed by atoms with Crippen molar-refractivity contribution in [1.29, 1.82) is 0 Å². The second-order valence-corrected chi connectivity index (χ2v) is 2.27.